The lowest BCUT2D eigenvalue weighted by Gasteiger charge is -2.18. The average Bonchev–Trinajstić information content (AvgIpc) is 2.35. The van der Waals surface area contributed by atoms with Gasteiger partial charge in [0.05, 0.1) is 13.2 Å². The number of rotatable bonds is 4. The molecule has 0 heterocycles. The molecular weight excluding hydrogens is 220 g/mol. The number of hydrogen-bond acceptors (Lipinski definition) is 4. The lowest BCUT2D eigenvalue weighted by atomic mass is 10.1. The monoisotopic (exact) mass is 236 g/mol. The summed E-state index contributed by atoms with van der Waals surface area (Å²) in [5.41, 5.74) is 6.10. The predicted molar refractivity (Wildman–Crippen MR) is 63.0 cm³/mol. The molecule has 0 fully saturated rings. The summed E-state index contributed by atoms with van der Waals surface area (Å²) in [5.74, 6) is -0.922. The van der Waals surface area contributed by atoms with E-state index in [0.29, 0.717) is 5.56 Å². The molecule has 0 aliphatic heterocycles. The van der Waals surface area contributed by atoms with E-state index < -0.39 is 24.0 Å². The minimum absolute atomic E-state index is 0.399. The van der Waals surface area contributed by atoms with Gasteiger partial charge in [0.15, 0.2) is 6.04 Å². The van der Waals surface area contributed by atoms with Gasteiger partial charge in [-0.25, -0.2) is 4.79 Å². The third-order valence-corrected chi connectivity index (χ3v) is 2.27. The summed E-state index contributed by atoms with van der Waals surface area (Å²) < 4.78 is 4.65. The van der Waals surface area contributed by atoms with Gasteiger partial charge in [-0.15, -0.1) is 0 Å². The Bertz CT molecular complexity index is 390. The Balaban J connectivity index is 2.90. The third-order valence-electron chi connectivity index (χ3n) is 2.27. The van der Waals surface area contributed by atoms with E-state index in [-0.39, 0.29) is 0 Å². The van der Waals surface area contributed by atoms with Crippen molar-refractivity contribution in [3.05, 3.63) is 35.9 Å². The lowest BCUT2D eigenvalue weighted by Crippen LogP contribution is -2.43. The van der Waals surface area contributed by atoms with E-state index in [4.69, 9.17) is 5.73 Å². The fourth-order valence-electron chi connectivity index (χ4n) is 1.32. The highest BCUT2D eigenvalue weighted by Crippen LogP contribution is 2.14. The van der Waals surface area contributed by atoms with Gasteiger partial charge in [-0.2, -0.15) is 0 Å². The zero-order valence-corrected chi connectivity index (χ0v) is 9.84. The van der Waals surface area contributed by atoms with Crippen LogP contribution in [0.3, 0.4) is 0 Å². The fourth-order valence-corrected chi connectivity index (χ4v) is 1.32. The Kier molecular flexibility index (Phi) is 4.66. The molecule has 1 rings (SSSR count). The topological polar surface area (TPSA) is 81.4 Å². The van der Waals surface area contributed by atoms with Crippen LogP contribution in [0.4, 0.5) is 0 Å². The molecule has 17 heavy (non-hydrogen) atoms. The summed E-state index contributed by atoms with van der Waals surface area (Å²) in [6.45, 7) is 1.55. The minimum atomic E-state index is -0.820. The van der Waals surface area contributed by atoms with Crippen LogP contribution in [0.1, 0.15) is 18.5 Å². The molecule has 0 bridgehead atoms. The van der Waals surface area contributed by atoms with Crippen LogP contribution in [0.15, 0.2) is 30.3 Å². The molecule has 5 nitrogen and oxygen atoms in total. The highest BCUT2D eigenvalue weighted by Gasteiger charge is 2.24. The Morgan fingerprint density at radius 3 is 2.35 bits per heavy atom. The van der Waals surface area contributed by atoms with Gasteiger partial charge >= 0.3 is 5.97 Å². The maximum absolute atomic E-state index is 11.6. The molecule has 5 heteroatoms. The first-order valence-electron chi connectivity index (χ1n) is 5.25. The van der Waals surface area contributed by atoms with Gasteiger partial charge in [-0.3, -0.25) is 4.79 Å². The van der Waals surface area contributed by atoms with Gasteiger partial charge in [0.25, 0.3) is 0 Å². The summed E-state index contributed by atoms with van der Waals surface area (Å²) >= 11 is 0. The number of methoxy groups -OCH3 is 1. The summed E-state index contributed by atoms with van der Waals surface area (Å²) in [7, 11) is 1.27. The van der Waals surface area contributed by atoms with Crippen LogP contribution < -0.4 is 11.1 Å². The number of esters is 1. The molecule has 0 saturated carbocycles. The van der Waals surface area contributed by atoms with Crippen LogP contribution in [0.25, 0.3) is 0 Å². The number of carbonyl (C=O) groups excluding carboxylic acids is 2. The van der Waals surface area contributed by atoms with E-state index in [1.807, 2.05) is 6.07 Å². The number of carbonyl (C=O) groups is 2. The number of amides is 1. The van der Waals surface area contributed by atoms with E-state index in [9.17, 15) is 9.59 Å². The van der Waals surface area contributed by atoms with Crippen LogP contribution in [0.5, 0.6) is 0 Å². The molecule has 1 aromatic rings. The maximum Gasteiger partial charge on any atom is 0.333 e. The van der Waals surface area contributed by atoms with E-state index >= 15 is 0 Å². The number of benzene rings is 1. The van der Waals surface area contributed by atoms with Crippen LogP contribution in [0, 0.1) is 0 Å². The van der Waals surface area contributed by atoms with Gasteiger partial charge in [0.2, 0.25) is 5.91 Å². The smallest absolute Gasteiger partial charge is 0.333 e. The van der Waals surface area contributed by atoms with Crippen molar-refractivity contribution in [3.63, 3.8) is 0 Å². The molecule has 2 atom stereocenters. The number of nitrogens with one attached hydrogen (secondary N) is 1. The SMILES string of the molecule is COC(=O)C(NC(=O)[C@@H](C)N)c1ccccc1. The van der Waals surface area contributed by atoms with Gasteiger partial charge in [-0.1, -0.05) is 30.3 Å². The molecule has 0 aliphatic rings. The first-order chi connectivity index (χ1) is 8.06. The second kappa shape index (κ2) is 6.00. The van der Waals surface area contributed by atoms with E-state index in [1.54, 1.807) is 31.2 Å². The number of ether oxygens (including phenoxy) is 1. The molecule has 3 N–H and O–H groups in total. The van der Waals surface area contributed by atoms with Gasteiger partial charge in [-0.05, 0) is 12.5 Å². The van der Waals surface area contributed by atoms with Crippen molar-refractivity contribution < 1.29 is 14.3 Å². The summed E-state index contributed by atoms with van der Waals surface area (Å²) in [6.07, 6.45) is 0. The number of nitrogens with two attached hydrogens (primary N) is 1. The van der Waals surface area contributed by atoms with Crippen LogP contribution in [-0.2, 0) is 14.3 Å². The van der Waals surface area contributed by atoms with Crippen LogP contribution >= 0.6 is 0 Å². The van der Waals surface area contributed by atoms with Gasteiger partial charge in [0, 0.05) is 0 Å². The molecule has 0 spiro atoms. The molecular formula is C12H16N2O3. The Morgan fingerprint density at radius 2 is 1.88 bits per heavy atom. The van der Waals surface area contributed by atoms with E-state index in [1.165, 1.54) is 7.11 Å². The fraction of sp³-hybridized carbons (Fsp3) is 0.333. The molecule has 1 unspecified atom stereocenters. The molecule has 0 saturated heterocycles. The Labute approximate surface area is 99.9 Å². The van der Waals surface area contributed by atoms with Crippen molar-refractivity contribution >= 4 is 11.9 Å². The summed E-state index contributed by atoms with van der Waals surface area (Å²) in [6, 6.07) is 7.37. The quantitative estimate of drug-likeness (QED) is 0.740. The first kappa shape index (κ1) is 13.2. The van der Waals surface area contributed by atoms with Crippen molar-refractivity contribution in [1.29, 1.82) is 0 Å². The summed E-state index contributed by atoms with van der Waals surface area (Å²) in [5, 5.41) is 2.54. The van der Waals surface area contributed by atoms with Crippen molar-refractivity contribution in [3.8, 4) is 0 Å². The highest BCUT2D eigenvalue weighted by molar-refractivity contribution is 5.87. The normalized spacial score (nSPS) is 13.6. The lowest BCUT2D eigenvalue weighted by molar-refractivity contribution is -0.145. The second-order valence-electron chi connectivity index (χ2n) is 3.66. The standard InChI is InChI=1S/C12H16N2O3/c1-8(13)11(15)14-10(12(16)17-2)9-6-4-3-5-7-9/h3-8,10H,13H2,1-2H3,(H,14,15)/t8-,10?/m1/s1. The largest absolute Gasteiger partial charge is 0.467 e. The van der Waals surface area contributed by atoms with E-state index in [2.05, 4.69) is 10.1 Å². The van der Waals surface area contributed by atoms with E-state index in [0.717, 1.165) is 0 Å². The van der Waals surface area contributed by atoms with Gasteiger partial charge in [0.1, 0.15) is 0 Å². The molecule has 1 amide bonds. The zero-order chi connectivity index (χ0) is 12.8. The highest BCUT2D eigenvalue weighted by atomic mass is 16.5. The molecule has 0 radical (unpaired) electrons. The first-order valence-corrected chi connectivity index (χ1v) is 5.25. The minimum Gasteiger partial charge on any atom is -0.467 e. The Morgan fingerprint density at radius 1 is 1.29 bits per heavy atom. The van der Waals surface area contributed by atoms with Crippen LogP contribution in [0.2, 0.25) is 0 Å². The van der Waals surface area contributed by atoms with Crippen molar-refractivity contribution in [2.45, 2.75) is 19.0 Å². The molecule has 0 aliphatic carbocycles. The van der Waals surface area contributed by atoms with Gasteiger partial charge < -0.3 is 15.8 Å². The van der Waals surface area contributed by atoms with Crippen LogP contribution in [-0.4, -0.2) is 25.0 Å². The van der Waals surface area contributed by atoms with Crippen molar-refractivity contribution in [2.24, 2.45) is 5.73 Å². The zero-order valence-electron chi connectivity index (χ0n) is 9.84. The average molecular weight is 236 g/mol. The molecule has 1 aromatic carbocycles. The predicted octanol–water partition coefficient (Wildman–Crippen LogP) is 0.364. The third kappa shape index (κ3) is 3.57. The molecule has 0 aromatic heterocycles. The number of hydrogen-bond donors (Lipinski definition) is 2. The summed E-state index contributed by atoms with van der Waals surface area (Å²) in [4.78, 5) is 23.1. The van der Waals surface area contributed by atoms with Crippen molar-refractivity contribution in [2.75, 3.05) is 7.11 Å². The second-order valence-corrected chi connectivity index (χ2v) is 3.66. The maximum atomic E-state index is 11.6. The molecule has 92 valence electrons. The van der Waals surface area contributed by atoms with Crippen molar-refractivity contribution in [1.82, 2.24) is 5.32 Å². The Hall–Kier alpha value is -1.88.